The Bertz CT molecular complexity index is 784. The standard InChI is InChI=1S/C34H65NO8P/c1-6-8-10-12-14-16-17-18-19-21-23-25-27-34(37)43-32(31-42-44(38,39)41-29-28-35(3,4)5)30-40-33(36)26-24-22-20-15-13-11-9-7-2/h14,16,32H,1-2,6-13,15,17-31H2,3-5H3,(H,38,39)/q-1/b16-14-/t32-/m0/s1. The van der Waals surface area contributed by atoms with Crippen LogP contribution in [-0.4, -0.2) is 74.9 Å². The number of carbonyl (C=O) groups excluding carboxylic acids is 2. The van der Waals surface area contributed by atoms with Gasteiger partial charge in [-0.25, -0.2) is 4.57 Å². The third-order valence-electron chi connectivity index (χ3n) is 7.09. The van der Waals surface area contributed by atoms with Gasteiger partial charge in [0.1, 0.15) is 19.8 Å². The van der Waals surface area contributed by atoms with Gasteiger partial charge in [0.05, 0.1) is 27.7 Å². The van der Waals surface area contributed by atoms with Crippen molar-refractivity contribution in [2.24, 2.45) is 0 Å². The SMILES string of the molecule is [CH2-]CCCC/C=C\CCCCCCCC(=O)O[C@@H](COC(=O)CCCCCCCCC[CH2-])COP(=O)(O)OCC[N+](C)(C)C. The Morgan fingerprint density at radius 3 is 1.75 bits per heavy atom. The first-order valence-electron chi connectivity index (χ1n) is 17.0. The lowest BCUT2D eigenvalue weighted by molar-refractivity contribution is -0.870. The third kappa shape index (κ3) is 30.8. The molecule has 0 bridgehead atoms. The maximum absolute atomic E-state index is 12.5. The fourth-order valence-electron chi connectivity index (χ4n) is 4.33. The zero-order valence-corrected chi connectivity index (χ0v) is 29.2. The van der Waals surface area contributed by atoms with Crippen LogP contribution in [0.15, 0.2) is 12.2 Å². The highest BCUT2D eigenvalue weighted by molar-refractivity contribution is 7.47. The first-order valence-corrected chi connectivity index (χ1v) is 18.5. The number of ether oxygens (including phenoxy) is 2. The van der Waals surface area contributed by atoms with Crippen molar-refractivity contribution in [3.63, 3.8) is 0 Å². The molecule has 0 aromatic rings. The number of allylic oxidation sites excluding steroid dienone is 2. The molecule has 0 aromatic heterocycles. The first-order chi connectivity index (χ1) is 21.0. The molecule has 0 aliphatic heterocycles. The molecule has 0 amide bonds. The monoisotopic (exact) mass is 646 g/mol. The van der Waals surface area contributed by atoms with E-state index in [9.17, 15) is 19.0 Å². The molecule has 0 aliphatic carbocycles. The third-order valence-corrected chi connectivity index (χ3v) is 8.07. The highest BCUT2D eigenvalue weighted by Crippen LogP contribution is 2.43. The van der Waals surface area contributed by atoms with Crippen LogP contribution in [0.25, 0.3) is 0 Å². The van der Waals surface area contributed by atoms with E-state index in [2.05, 4.69) is 26.0 Å². The summed E-state index contributed by atoms with van der Waals surface area (Å²) in [4.78, 5) is 34.9. The summed E-state index contributed by atoms with van der Waals surface area (Å²) in [5, 5.41) is 0. The second-order valence-corrected chi connectivity index (χ2v) is 14.1. The van der Waals surface area contributed by atoms with Crippen LogP contribution >= 0.6 is 7.82 Å². The molecule has 2 atom stereocenters. The number of rotatable bonds is 31. The topological polar surface area (TPSA) is 108 Å². The predicted molar refractivity (Wildman–Crippen MR) is 178 cm³/mol. The largest absolute Gasteiger partial charge is 0.472 e. The van der Waals surface area contributed by atoms with Gasteiger partial charge in [-0.3, -0.25) is 18.6 Å². The van der Waals surface area contributed by atoms with E-state index in [1.165, 1.54) is 25.7 Å². The van der Waals surface area contributed by atoms with Crippen molar-refractivity contribution in [1.82, 2.24) is 0 Å². The summed E-state index contributed by atoms with van der Waals surface area (Å²) < 4.78 is 33.9. The Kier molecular flexibility index (Phi) is 27.2. The summed E-state index contributed by atoms with van der Waals surface area (Å²) in [6, 6.07) is 0. The predicted octanol–water partition coefficient (Wildman–Crippen LogP) is 8.31. The number of phosphoric ester groups is 1. The molecule has 44 heavy (non-hydrogen) atoms. The van der Waals surface area contributed by atoms with Gasteiger partial charge in [0.25, 0.3) is 0 Å². The van der Waals surface area contributed by atoms with Crippen molar-refractivity contribution >= 4 is 19.8 Å². The number of carbonyl (C=O) groups is 2. The van der Waals surface area contributed by atoms with Gasteiger partial charge in [-0.15, -0.1) is 0 Å². The maximum Gasteiger partial charge on any atom is 0.472 e. The second-order valence-electron chi connectivity index (χ2n) is 12.6. The molecule has 1 unspecified atom stereocenters. The van der Waals surface area contributed by atoms with E-state index in [1.54, 1.807) is 0 Å². The maximum atomic E-state index is 12.5. The highest BCUT2D eigenvalue weighted by Gasteiger charge is 2.27. The average molecular weight is 647 g/mol. The van der Waals surface area contributed by atoms with Gasteiger partial charge in [-0.1, -0.05) is 82.8 Å². The normalized spacial score (nSPS) is 14.0. The molecule has 9 nitrogen and oxygen atoms in total. The summed E-state index contributed by atoms with van der Waals surface area (Å²) in [6.07, 6.45) is 22.9. The van der Waals surface area contributed by atoms with Crippen LogP contribution < -0.4 is 0 Å². The summed E-state index contributed by atoms with van der Waals surface area (Å²) in [7, 11) is 1.45. The number of esters is 2. The first kappa shape index (κ1) is 42.8. The Morgan fingerprint density at radius 2 is 1.18 bits per heavy atom. The highest BCUT2D eigenvalue weighted by atomic mass is 31.2. The van der Waals surface area contributed by atoms with Crippen molar-refractivity contribution in [1.29, 1.82) is 0 Å². The molecular weight excluding hydrogens is 581 g/mol. The quantitative estimate of drug-likeness (QED) is 0.0200. The number of nitrogens with zero attached hydrogens (tertiary/aromatic N) is 1. The van der Waals surface area contributed by atoms with E-state index in [0.717, 1.165) is 83.5 Å². The van der Waals surface area contributed by atoms with Crippen LogP contribution in [0.5, 0.6) is 0 Å². The van der Waals surface area contributed by atoms with E-state index < -0.39 is 26.5 Å². The molecule has 260 valence electrons. The van der Waals surface area contributed by atoms with Crippen molar-refractivity contribution < 1.29 is 42.1 Å². The molecule has 0 aliphatic rings. The molecule has 0 spiro atoms. The molecule has 0 aromatic carbocycles. The number of hydrogen-bond acceptors (Lipinski definition) is 7. The minimum Gasteiger partial charge on any atom is -0.462 e. The van der Waals surface area contributed by atoms with Crippen LogP contribution in [-0.2, 0) is 32.7 Å². The Labute approximate surface area is 269 Å². The lowest BCUT2D eigenvalue weighted by Gasteiger charge is -2.24. The van der Waals surface area contributed by atoms with E-state index in [4.69, 9.17) is 18.5 Å². The Morgan fingerprint density at radius 1 is 0.705 bits per heavy atom. The lowest BCUT2D eigenvalue weighted by Crippen LogP contribution is -2.37. The fourth-order valence-corrected chi connectivity index (χ4v) is 5.07. The van der Waals surface area contributed by atoms with Gasteiger partial charge in [0.15, 0.2) is 6.10 Å². The summed E-state index contributed by atoms with van der Waals surface area (Å²) >= 11 is 0. The van der Waals surface area contributed by atoms with Crippen molar-refractivity contribution in [2.45, 2.75) is 135 Å². The van der Waals surface area contributed by atoms with Crippen LogP contribution in [0.3, 0.4) is 0 Å². The Hall–Kier alpha value is -1.25. The zero-order valence-electron chi connectivity index (χ0n) is 28.3. The molecule has 10 heteroatoms. The van der Waals surface area contributed by atoms with Crippen molar-refractivity contribution in [2.75, 3.05) is 47.5 Å². The lowest BCUT2D eigenvalue weighted by atomic mass is 10.1. The molecule has 0 saturated heterocycles. The minimum atomic E-state index is -4.36. The number of unbranched alkanes of at least 4 members (excludes halogenated alkanes) is 15. The molecule has 0 radical (unpaired) electrons. The number of hydrogen-bond donors (Lipinski definition) is 1. The van der Waals surface area contributed by atoms with E-state index >= 15 is 0 Å². The van der Waals surface area contributed by atoms with Crippen LogP contribution in [0, 0.1) is 13.8 Å². The minimum absolute atomic E-state index is 0.0275. The second kappa shape index (κ2) is 28.0. The van der Waals surface area contributed by atoms with E-state index in [0.29, 0.717) is 17.4 Å². The van der Waals surface area contributed by atoms with Crippen molar-refractivity contribution in [3.05, 3.63) is 26.0 Å². The van der Waals surface area contributed by atoms with Gasteiger partial charge >= 0.3 is 19.8 Å². The van der Waals surface area contributed by atoms with Crippen LogP contribution in [0.2, 0.25) is 0 Å². The summed E-state index contributed by atoms with van der Waals surface area (Å²) in [6.45, 7) is 7.60. The molecule has 0 rings (SSSR count). The van der Waals surface area contributed by atoms with Crippen LogP contribution in [0.4, 0.5) is 0 Å². The zero-order chi connectivity index (χ0) is 32.9. The Balaban J connectivity index is 4.50. The number of quaternary nitrogens is 1. The molecule has 0 saturated carbocycles. The van der Waals surface area contributed by atoms with E-state index in [1.807, 2.05) is 21.1 Å². The van der Waals surface area contributed by atoms with E-state index in [-0.39, 0.29) is 32.0 Å². The molecule has 0 fully saturated rings. The average Bonchev–Trinajstić information content (AvgIpc) is 2.95. The number of likely N-dealkylation sites (N-methyl/N-ethyl adjacent to an activating group) is 1. The smallest absolute Gasteiger partial charge is 0.462 e. The van der Waals surface area contributed by atoms with Crippen molar-refractivity contribution in [3.8, 4) is 0 Å². The van der Waals surface area contributed by atoms with Gasteiger partial charge in [0.2, 0.25) is 0 Å². The molecule has 0 heterocycles. The summed E-state index contributed by atoms with van der Waals surface area (Å²) in [5.74, 6) is -0.833. The van der Waals surface area contributed by atoms with Crippen LogP contribution in [0.1, 0.15) is 128 Å². The molecule has 1 N–H and O–H groups in total. The number of phosphoric acid groups is 1. The van der Waals surface area contributed by atoms with Gasteiger partial charge < -0.3 is 32.7 Å². The summed E-state index contributed by atoms with van der Waals surface area (Å²) in [5.41, 5.74) is 0. The molecular formula is C34H65NO8P-. The van der Waals surface area contributed by atoms with Gasteiger partial charge in [-0.05, 0) is 32.1 Å². The van der Waals surface area contributed by atoms with Gasteiger partial charge in [-0.2, -0.15) is 12.8 Å². The van der Waals surface area contributed by atoms with Gasteiger partial charge in [0, 0.05) is 12.8 Å². The fraction of sp³-hybridized carbons (Fsp3) is 0.824.